The van der Waals surface area contributed by atoms with Crippen molar-refractivity contribution in [2.75, 3.05) is 0 Å². The topological polar surface area (TPSA) is 55.4 Å². The summed E-state index contributed by atoms with van der Waals surface area (Å²) < 4.78 is 5.12. The molecule has 0 bridgehead atoms. The fourth-order valence-electron chi connectivity index (χ4n) is 1.89. The molecule has 0 fully saturated rings. The standard InChI is InChI=1S/C14H23NO3/c1-10(15-13(17)18-14(2,3)4)12(16)11-8-6-5-7-9-11/h8,10H,5-7,9H2,1-4H3,(H,15,17)/t10-/m0/s1. The molecule has 0 saturated carbocycles. The van der Waals surface area contributed by atoms with Crippen LogP contribution in [0.1, 0.15) is 53.4 Å². The molecule has 1 aliphatic rings. The molecule has 1 N–H and O–H groups in total. The Hall–Kier alpha value is -1.32. The third-order valence-corrected chi connectivity index (χ3v) is 2.73. The van der Waals surface area contributed by atoms with E-state index in [0.717, 1.165) is 31.3 Å². The van der Waals surface area contributed by atoms with Gasteiger partial charge in [-0.15, -0.1) is 0 Å². The SMILES string of the molecule is C[C@H](NC(=O)OC(C)(C)C)C(=O)C1=CCCCC1. The van der Waals surface area contributed by atoms with Crippen LogP contribution in [-0.2, 0) is 9.53 Å². The highest BCUT2D eigenvalue weighted by atomic mass is 16.6. The Labute approximate surface area is 109 Å². The van der Waals surface area contributed by atoms with Crippen LogP contribution >= 0.6 is 0 Å². The minimum absolute atomic E-state index is 0.000518. The van der Waals surface area contributed by atoms with Crippen molar-refractivity contribution in [2.45, 2.75) is 65.0 Å². The van der Waals surface area contributed by atoms with Gasteiger partial charge in [0.25, 0.3) is 0 Å². The van der Waals surface area contributed by atoms with Crippen molar-refractivity contribution in [1.29, 1.82) is 0 Å². The minimum atomic E-state index is -0.545. The maximum atomic E-state index is 12.1. The number of Topliss-reactive ketones (excluding diaryl/α,β-unsaturated/α-hetero) is 1. The maximum Gasteiger partial charge on any atom is 0.408 e. The fourth-order valence-corrected chi connectivity index (χ4v) is 1.89. The van der Waals surface area contributed by atoms with Crippen LogP contribution in [0.3, 0.4) is 0 Å². The molecule has 102 valence electrons. The van der Waals surface area contributed by atoms with Crippen LogP contribution in [0.5, 0.6) is 0 Å². The lowest BCUT2D eigenvalue weighted by molar-refractivity contribution is -0.117. The molecule has 0 heterocycles. The van der Waals surface area contributed by atoms with Gasteiger partial charge in [0.2, 0.25) is 0 Å². The van der Waals surface area contributed by atoms with E-state index in [0.29, 0.717) is 0 Å². The average Bonchev–Trinajstić information content (AvgIpc) is 2.26. The van der Waals surface area contributed by atoms with Gasteiger partial charge in [0, 0.05) is 0 Å². The molecular formula is C14H23NO3. The zero-order chi connectivity index (χ0) is 13.8. The Kier molecular flexibility index (Phi) is 4.93. The van der Waals surface area contributed by atoms with Crippen LogP contribution in [0.4, 0.5) is 4.79 Å². The number of carbonyl (C=O) groups is 2. The van der Waals surface area contributed by atoms with Crippen molar-refractivity contribution >= 4 is 11.9 Å². The predicted molar refractivity (Wildman–Crippen MR) is 70.4 cm³/mol. The molecular weight excluding hydrogens is 230 g/mol. The van der Waals surface area contributed by atoms with Crippen LogP contribution in [0.25, 0.3) is 0 Å². The molecule has 18 heavy (non-hydrogen) atoms. The number of allylic oxidation sites excluding steroid dienone is 1. The van der Waals surface area contributed by atoms with Crippen molar-refractivity contribution < 1.29 is 14.3 Å². The van der Waals surface area contributed by atoms with Crippen molar-refractivity contribution in [2.24, 2.45) is 0 Å². The van der Waals surface area contributed by atoms with E-state index in [-0.39, 0.29) is 5.78 Å². The van der Waals surface area contributed by atoms with Crippen molar-refractivity contribution in [3.63, 3.8) is 0 Å². The van der Waals surface area contributed by atoms with Gasteiger partial charge in [-0.25, -0.2) is 4.79 Å². The van der Waals surface area contributed by atoms with Crippen molar-refractivity contribution in [3.8, 4) is 0 Å². The third-order valence-electron chi connectivity index (χ3n) is 2.73. The van der Waals surface area contributed by atoms with Crippen LogP contribution in [0.15, 0.2) is 11.6 Å². The number of ketones is 1. The Morgan fingerprint density at radius 2 is 2.00 bits per heavy atom. The van der Waals surface area contributed by atoms with Gasteiger partial charge in [-0.1, -0.05) is 6.08 Å². The molecule has 0 saturated heterocycles. The van der Waals surface area contributed by atoms with E-state index in [1.807, 2.05) is 6.08 Å². The first kappa shape index (κ1) is 14.7. The minimum Gasteiger partial charge on any atom is -0.444 e. The number of ether oxygens (including phenoxy) is 1. The van der Waals surface area contributed by atoms with Gasteiger partial charge in [0.1, 0.15) is 5.60 Å². The molecule has 1 rings (SSSR count). The Bertz CT molecular complexity index is 353. The van der Waals surface area contributed by atoms with E-state index in [4.69, 9.17) is 4.74 Å². The molecule has 0 unspecified atom stereocenters. The van der Waals surface area contributed by atoms with Crippen LogP contribution in [-0.4, -0.2) is 23.5 Å². The Morgan fingerprint density at radius 3 is 2.50 bits per heavy atom. The monoisotopic (exact) mass is 253 g/mol. The van der Waals surface area contributed by atoms with E-state index in [1.54, 1.807) is 27.7 Å². The molecule has 4 heteroatoms. The first-order valence-electron chi connectivity index (χ1n) is 6.52. The van der Waals surface area contributed by atoms with Crippen LogP contribution in [0, 0.1) is 0 Å². The second kappa shape index (κ2) is 6.03. The van der Waals surface area contributed by atoms with Gasteiger partial charge in [0.05, 0.1) is 6.04 Å². The lowest BCUT2D eigenvalue weighted by Crippen LogP contribution is -2.42. The van der Waals surface area contributed by atoms with Crippen molar-refractivity contribution in [3.05, 3.63) is 11.6 Å². The van der Waals surface area contributed by atoms with Gasteiger partial charge in [-0.05, 0) is 59.0 Å². The molecule has 1 atom stereocenters. The summed E-state index contributed by atoms with van der Waals surface area (Å²) in [7, 11) is 0. The second-order valence-corrected chi connectivity index (χ2v) is 5.71. The number of rotatable bonds is 3. The molecule has 0 radical (unpaired) electrons. The van der Waals surface area contributed by atoms with Gasteiger partial charge in [-0.3, -0.25) is 4.79 Å². The summed E-state index contributed by atoms with van der Waals surface area (Å²) in [6, 6.07) is -0.524. The van der Waals surface area contributed by atoms with Gasteiger partial charge in [0.15, 0.2) is 5.78 Å². The largest absolute Gasteiger partial charge is 0.444 e. The number of amides is 1. The summed E-state index contributed by atoms with van der Waals surface area (Å²) in [5, 5.41) is 2.58. The zero-order valence-corrected chi connectivity index (χ0v) is 11.7. The van der Waals surface area contributed by atoms with Crippen LogP contribution in [0.2, 0.25) is 0 Å². The number of alkyl carbamates (subject to hydrolysis) is 1. The molecule has 4 nitrogen and oxygen atoms in total. The average molecular weight is 253 g/mol. The van der Waals surface area contributed by atoms with Gasteiger partial charge >= 0.3 is 6.09 Å². The van der Waals surface area contributed by atoms with Gasteiger partial charge in [-0.2, -0.15) is 0 Å². The smallest absolute Gasteiger partial charge is 0.408 e. The Balaban J connectivity index is 2.49. The fraction of sp³-hybridized carbons (Fsp3) is 0.714. The highest BCUT2D eigenvalue weighted by Gasteiger charge is 2.23. The van der Waals surface area contributed by atoms with Crippen LogP contribution < -0.4 is 5.32 Å². The van der Waals surface area contributed by atoms with E-state index in [1.165, 1.54) is 0 Å². The number of carbonyl (C=O) groups excluding carboxylic acids is 2. The van der Waals surface area contributed by atoms with E-state index >= 15 is 0 Å². The van der Waals surface area contributed by atoms with E-state index in [2.05, 4.69) is 5.32 Å². The summed E-state index contributed by atoms with van der Waals surface area (Å²) in [6.07, 6.45) is 5.42. The predicted octanol–water partition coefficient (Wildman–Crippen LogP) is 2.97. The van der Waals surface area contributed by atoms with Crippen molar-refractivity contribution in [1.82, 2.24) is 5.32 Å². The molecule has 0 aromatic heterocycles. The summed E-state index contributed by atoms with van der Waals surface area (Å²) in [4.78, 5) is 23.6. The summed E-state index contributed by atoms with van der Waals surface area (Å²) in [5.74, 6) is 0.000518. The first-order chi connectivity index (χ1) is 8.29. The molecule has 0 aromatic carbocycles. The maximum absolute atomic E-state index is 12.1. The number of hydrogen-bond donors (Lipinski definition) is 1. The first-order valence-corrected chi connectivity index (χ1v) is 6.52. The second-order valence-electron chi connectivity index (χ2n) is 5.71. The third kappa shape index (κ3) is 4.90. The number of hydrogen-bond acceptors (Lipinski definition) is 3. The Morgan fingerprint density at radius 1 is 1.33 bits per heavy atom. The summed E-state index contributed by atoms with van der Waals surface area (Å²) in [5.41, 5.74) is 0.293. The molecule has 0 aliphatic heterocycles. The number of nitrogens with one attached hydrogen (secondary N) is 1. The molecule has 0 spiro atoms. The molecule has 1 amide bonds. The lowest BCUT2D eigenvalue weighted by Gasteiger charge is -2.22. The van der Waals surface area contributed by atoms with E-state index < -0.39 is 17.7 Å². The zero-order valence-electron chi connectivity index (χ0n) is 11.7. The highest BCUT2D eigenvalue weighted by molar-refractivity contribution is 6.00. The lowest BCUT2D eigenvalue weighted by atomic mass is 9.94. The molecule has 1 aliphatic carbocycles. The quantitative estimate of drug-likeness (QED) is 0.841. The summed E-state index contributed by atoms with van der Waals surface area (Å²) >= 11 is 0. The summed E-state index contributed by atoms with van der Waals surface area (Å²) in [6.45, 7) is 7.08. The highest BCUT2D eigenvalue weighted by Crippen LogP contribution is 2.19. The normalized spacial score (nSPS) is 17.7. The van der Waals surface area contributed by atoms with Gasteiger partial charge < -0.3 is 10.1 Å². The molecule has 0 aromatic rings. The van der Waals surface area contributed by atoms with E-state index in [9.17, 15) is 9.59 Å².